The van der Waals surface area contributed by atoms with E-state index in [1.165, 1.54) is 5.56 Å². The van der Waals surface area contributed by atoms with E-state index in [0.29, 0.717) is 17.9 Å². The number of anilines is 1. The molecule has 0 aliphatic carbocycles. The molecule has 1 fully saturated rings. The minimum absolute atomic E-state index is 0.0145. The number of benzene rings is 3. The normalized spacial score (nSPS) is 14.8. The highest BCUT2D eigenvalue weighted by Gasteiger charge is 2.17. The highest BCUT2D eigenvalue weighted by atomic mass is 16.5. The lowest BCUT2D eigenvalue weighted by atomic mass is 10.1. The van der Waals surface area contributed by atoms with E-state index in [0.717, 1.165) is 51.4 Å². The Morgan fingerprint density at radius 3 is 2.06 bits per heavy atom. The largest absolute Gasteiger partial charge is 0.455 e. The molecule has 0 atom stereocenters. The molecule has 0 unspecified atom stereocenters. The zero-order valence-electron chi connectivity index (χ0n) is 18.5. The fourth-order valence-electron chi connectivity index (χ4n) is 3.92. The molecule has 3 aromatic rings. The zero-order chi connectivity index (χ0) is 22.0. The lowest BCUT2D eigenvalue weighted by Gasteiger charge is -2.34. The summed E-state index contributed by atoms with van der Waals surface area (Å²) < 4.78 is 5.94. The van der Waals surface area contributed by atoms with Crippen LogP contribution in [-0.4, -0.2) is 55.0 Å². The summed E-state index contributed by atoms with van der Waals surface area (Å²) in [6.45, 7) is 6.01. The van der Waals surface area contributed by atoms with Crippen LogP contribution in [0.5, 0.6) is 11.5 Å². The van der Waals surface area contributed by atoms with Crippen LogP contribution in [0.1, 0.15) is 12.0 Å². The first-order valence-corrected chi connectivity index (χ1v) is 11.4. The molecule has 0 spiro atoms. The van der Waals surface area contributed by atoms with Crippen LogP contribution in [-0.2, 0) is 11.2 Å². The molecule has 0 bridgehead atoms. The smallest absolute Gasteiger partial charge is 0.225 e. The minimum Gasteiger partial charge on any atom is -0.455 e. The lowest BCUT2D eigenvalue weighted by molar-refractivity contribution is -0.116. The predicted octanol–water partition coefficient (Wildman–Crippen LogP) is 4.67. The van der Waals surface area contributed by atoms with Crippen LogP contribution in [0.15, 0.2) is 84.9 Å². The number of rotatable bonds is 9. The van der Waals surface area contributed by atoms with Crippen molar-refractivity contribution in [2.24, 2.45) is 0 Å². The molecule has 3 aromatic carbocycles. The zero-order valence-corrected chi connectivity index (χ0v) is 18.5. The van der Waals surface area contributed by atoms with Crippen molar-refractivity contribution in [1.29, 1.82) is 0 Å². The number of ether oxygens (including phenoxy) is 1. The maximum Gasteiger partial charge on any atom is 0.225 e. The third-order valence-electron chi connectivity index (χ3n) is 5.81. The van der Waals surface area contributed by atoms with E-state index in [1.54, 1.807) is 0 Å². The van der Waals surface area contributed by atoms with Gasteiger partial charge in [-0.25, -0.2) is 0 Å². The molecule has 32 heavy (non-hydrogen) atoms. The van der Waals surface area contributed by atoms with Gasteiger partial charge in [-0.15, -0.1) is 0 Å². The summed E-state index contributed by atoms with van der Waals surface area (Å²) >= 11 is 0. The van der Waals surface area contributed by atoms with Crippen molar-refractivity contribution in [3.05, 3.63) is 90.5 Å². The Morgan fingerprint density at radius 1 is 0.750 bits per heavy atom. The van der Waals surface area contributed by atoms with Crippen molar-refractivity contribution in [2.75, 3.05) is 44.6 Å². The molecule has 5 nitrogen and oxygen atoms in total. The Morgan fingerprint density at radius 2 is 1.34 bits per heavy atom. The van der Waals surface area contributed by atoms with Crippen LogP contribution in [0.25, 0.3) is 0 Å². The Labute approximate surface area is 190 Å². The number of hydrogen-bond donors (Lipinski definition) is 1. The van der Waals surface area contributed by atoms with Gasteiger partial charge in [-0.05, 0) is 36.2 Å². The summed E-state index contributed by atoms with van der Waals surface area (Å²) in [5, 5.41) is 3.02. The van der Waals surface area contributed by atoms with E-state index in [4.69, 9.17) is 4.74 Å². The van der Waals surface area contributed by atoms with E-state index in [2.05, 4.69) is 45.4 Å². The second kappa shape index (κ2) is 11.5. The summed E-state index contributed by atoms with van der Waals surface area (Å²) in [6.07, 6.45) is 1.57. The molecule has 0 radical (unpaired) electrons. The first-order chi connectivity index (χ1) is 15.8. The van der Waals surface area contributed by atoms with Gasteiger partial charge in [0.2, 0.25) is 5.91 Å². The molecule has 0 saturated carbocycles. The predicted molar refractivity (Wildman–Crippen MR) is 129 cm³/mol. The van der Waals surface area contributed by atoms with Crippen molar-refractivity contribution in [1.82, 2.24) is 9.80 Å². The molecule has 1 aliphatic heterocycles. The van der Waals surface area contributed by atoms with E-state index >= 15 is 0 Å². The monoisotopic (exact) mass is 429 g/mol. The Balaban J connectivity index is 1.19. The molecule has 166 valence electrons. The number of carbonyl (C=O) groups is 1. The second-order valence-electron chi connectivity index (χ2n) is 8.13. The average Bonchev–Trinajstić information content (AvgIpc) is 2.85. The number of piperazine rings is 1. The molecule has 1 saturated heterocycles. The second-order valence-corrected chi connectivity index (χ2v) is 8.13. The number of amides is 1. The average molecular weight is 430 g/mol. The standard InChI is InChI=1S/C27H31N3O2/c31-27(28-25-13-7-8-14-26(25)32-24-11-5-2-6-12-24)16-18-30-21-19-29(20-22-30)17-15-23-9-3-1-4-10-23/h1-14H,15-22H2,(H,28,31). The molecular weight excluding hydrogens is 398 g/mol. The van der Waals surface area contributed by atoms with Crippen LogP contribution >= 0.6 is 0 Å². The van der Waals surface area contributed by atoms with Crippen LogP contribution in [0.2, 0.25) is 0 Å². The highest BCUT2D eigenvalue weighted by Crippen LogP contribution is 2.29. The molecule has 4 rings (SSSR count). The summed E-state index contributed by atoms with van der Waals surface area (Å²) in [7, 11) is 0. The summed E-state index contributed by atoms with van der Waals surface area (Å²) in [6, 6.07) is 27.8. The van der Waals surface area contributed by atoms with Gasteiger partial charge in [-0.3, -0.25) is 4.79 Å². The summed E-state index contributed by atoms with van der Waals surface area (Å²) in [5.74, 6) is 1.42. The summed E-state index contributed by atoms with van der Waals surface area (Å²) in [4.78, 5) is 17.5. The van der Waals surface area contributed by atoms with Crippen LogP contribution in [0, 0.1) is 0 Å². The highest BCUT2D eigenvalue weighted by molar-refractivity contribution is 5.92. The molecule has 0 aromatic heterocycles. The van der Waals surface area contributed by atoms with Gasteiger partial charge in [0.25, 0.3) is 0 Å². The summed E-state index contributed by atoms with van der Waals surface area (Å²) in [5.41, 5.74) is 2.09. The van der Waals surface area contributed by atoms with Gasteiger partial charge >= 0.3 is 0 Å². The van der Waals surface area contributed by atoms with Crippen LogP contribution in [0.3, 0.4) is 0 Å². The first kappa shape index (κ1) is 22.1. The van der Waals surface area contributed by atoms with Crippen LogP contribution in [0.4, 0.5) is 5.69 Å². The third-order valence-corrected chi connectivity index (χ3v) is 5.81. The fourth-order valence-corrected chi connectivity index (χ4v) is 3.92. The molecule has 1 amide bonds. The SMILES string of the molecule is O=C(CCN1CCN(CCc2ccccc2)CC1)Nc1ccccc1Oc1ccccc1. The number of nitrogens with one attached hydrogen (secondary N) is 1. The molecule has 1 N–H and O–H groups in total. The third kappa shape index (κ3) is 6.67. The Kier molecular flexibility index (Phi) is 7.90. The molecular formula is C27H31N3O2. The maximum absolute atomic E-state index is 12.6. The first-order valence-electron chi connectivity index (χ1n) is 11.4. The number of para-hydroxylation sites is 3. The van der Waals surface area contributed by atoms with Gasteiger partial charge in [0.05, 0.1) is 5.69 Å². The number of hydrogen-bond acceptors (Lipinski definition) is 4. The molecule has 1 heterocycles. The molecule has 1 aliphatic rings. The van der Waals surface area contributed by atoms with Gasteiger partial charge in [0.1, 0.15) is 5.75 Å². The minimum atomic E-state index is 0.0145. The van der Waals surface area contributed by atoms with Gasteiger partial charge in [-0.2, -0.15) is 0 Å². The van der Waals surface area contributed by atoms with Crippen molar-refractivity contribution < 1.29 is 9.53 Å². The van der Waals surface area contributed by atoms with E-state index < -0.39 is 0 Å². The lowest BCUT2D eigenvalue weighted by Crippen LogP contribution is -2.47. The molecule has 5 heteroatoms. The van der Waals surface area contributed by atoms with Crippen molar-refractivity contribution in [3.8, 4) is 11.5 Å². The Hall–Kier alpha value is -3.15. The van der Waals surface area contributed by atoms with E-state index in [9.17, 15) is 4.79 Å². The Bertz CT molecular complexity index is 970. The van der Waals surface area contributed by atoms with Gasteiger partial charge in [0, 0.05) is 45.7 Å². The number of nitrogens with zero attached hydrogens (tertiary/aromatic N) is 2. The fraction of sp³-hybridized carbons (Fsp3) is 0.296. The topological polar surface area (TPSA) is 44.8 Å². The van der Waals surface area contributed by atoms with Crippen molar-refractivity contribution in [2.45, 2.75) is 12.8 Å². The van der Waals surface area contributed by atoms with Crippen LogP contribution < -0.4 is 10.1 Å². The van der Waals surface area contributed by atoms with E-state index in [-0.39, 0.29) is 5.91 Å². The van der Waals surface area contributed by atoms with Gasteiger partial charge in [0.15, 0.2) is 5.75 Å². The van der Waals surface area contributed by atoms with Crippen molar-refractivity contribution >= 4 is 11.6 Å². The van der Waals surface area contributed by atoms with Crippen molar-refractivity contribution in [3.63, 3.8) is 0 Å². The van der Waals surface area contributed by atoms with Gasteiger partial charge < -0.3 is 19.9 Å². The van der Waals surface area contributed by atoms with Gasteiger partial charge in [-0.1, -0.05) is 60.7 Å². The van der Waals surface area contributed by atoms with E-state index in [1.807, 2.05) is 54.6 Å². The maximum atomic E-state index is 12.6. The number of carbonyl (C=O) groups excluding carboxylic acids is 1. The quantitative estimate of drug-likeness (QED) is 0.537.